The third kappa shape index (κ3) is 4.04. The SMILES string of the molecule is CCc1ccc(NC(=O)/C=C/c2ccc3c(c2)OCO3)cc1S(N)(=O)=O. The molecule has 0 spiro atoms. The number of primary sulfonamides is 1. The Balaban J connectivity index is 1.74. The first kappa shape index (κ1) is 18.0. The second kappa shape index (κ2) is 7.19. The smallest absolute Gasteiger partial charge is 0.248 e. The van der Waals surface area contributed by atoms with E-state index in [1.807, 2.05) is 6.92 Å². The molecule has 2 aromatic carbocycles. The minimum Gasteiger partial charge on any atom is -0.454 e. The van der Waals surface area contributed by atoms with Crippen molar-refractivity contribution in [2.24, 2.45) is 5.14 Å². The van der Waals surface area contributed by atoms with Crippen LogP contribution in [0.3, 0.4) is 0 Å². The lowest BCUT2D eigenvalue weighted by molar-refractivity contribution is -0.111. The van der Waals surface area contributed by atoms with Crippen molar-refractivity contribution in [3.63, 3.8) is 0 Å². The number of nitrogens with two attached hydrogens (primary N) is 1. The summed E-state index contributed by atoms with van der Waals surface area (Å²) in [5, 5.41) is 7.86. The molecule has 0 aliphatic carbocycles. The average Bonchev–Trinajstić information content (AvgIpc) is 3.07. The fourth-order valence-corrected chi connectivity index (χ4v) is 3.43. The highest BCUT2D eigenvalue weighted by Gasteiger charge is 2.15. The standard InChI is InChI=1S/C18H18N2O5S/c1-2-13-5-6-14(10-17(13)26(19,22)23)20-18(21)8-4-12-3-7-15-16(9-12)25-11-24-15/h3-10H,2,11H2,1H3,(H,20,21)(H2,19,22,23)/b8-4+. The Morgan fingerprint density at radius 3 is 2.69 bits per heavy atom. The number of anilines is 1. The van der Waals surface area contributed by atoms with E-state index >= 15 is 0 Å². The number of fused-ring (bicyclic) bond motifs is 1. The van der Waals surface area contributed by atoms with Gasteiger partial charge >= 0.3 is 0 Å². The van der Waals surface area contributed by atoms with Crippen LogP contribution in [0.5, 0.6) is 11.5 Å². The van der Waals surface area contributed by atoms with Gasteiger partial charge in [-0.25, -0.2) is 13.6 Å². The lowest BCUT2D eigenvalue weighted by Crippen LogP contribution is -2.15. The molecule has 0 saturated carbocycles. The highest BCUT2D eigenvalue weighted by atomic mass is 32.2. The van der Waals surface area contributed by atoms with Crippen LogP contribution in [0.4, 0.5) is 5.69 Å². The summed E-state index contributed by atoms with van der Waals surface area (Å²) in [6, 6.07) is 9.96. The molecule has 8 heteroatoms. The number of nitrogens with one attached hydrogen (secondary N) is 1. The molecule has 0 saturated heterocycles. The zero-order valence-corrected chi connectivity index (χ0v) is 14.9. The maximum atomic E-state index is 12.1. The van der Waals surface area contributed by atoms with Gasteiger partial charge in [0, 0.05) is 11.8 Å². The van der Waals surface area contributed by atoms with Gasteiger partial charge in [0.15, 0.2) is 11.5 Å². The Morgan fingerprint density at radius 2 is 1.96 bits per heavy atom. The number of ether oxygens (including phenoxy) is 2. The number of amides is 1. The first-order valence-corrected chi connectivity index (χ1v) is 9.46. The summed E-state index contributed by atoms with van der Waals surface area (Å²) in [6.07, 6.45) is 3.49. The molecule has 3 N–H and O–H groups in total. The van der Waals surface area contributed by atoms with Crippen molar-refractivity contribution < 1.29 is 22.7 Å². The van der Waals surface area contributed by atoms with Gasteiger partial charge in [-0.15, -0.1) is 0 Å². The van der Waals surface area contributed by atoms with Crippen LogP contribution < -0.4 is 19.9 Å². The predicted molar refractivity (Wildman–Crippen MR) is 97.4 cm³/mol. The molecule has 0 unspecified atom stereocenters. The topological polar surface area (TPSA) is 108 Å². The molecular formula is C18H18N2O5S. The third-order valence-corrected chi connectivity index (χ3v) is 4.84. The molecule has 3 rings (SSSR count). The van der Waals surface area contributed by atoms with Crippen LogP contribution >= 0.6 is 0 Å². The number of sulfonamides is 1. The molecule has 0 bridgehead atoms. The van der Waals surface area contributed by atoms with Crippen molar-refractivity contribution >= 4 is 27.7 Å². The molecule has 2 aromatic rings. The lowest BCUT2D eigenvalue weighted by atomic mass is 10.1. The normalized spacial score (nSPS) is 13.2. The van der Waals surface area contributed by atoms with Gasteiger partial charge in [0.2, 0.25) is 22.7 Å². The van der Waals surface area contributed by atoms with Crippen molar-refractivity contribution in [1.29, 1.82) is 0 Å². The van der Waals surface area contributed by atoms with E-state index in [0.29, 0.717) is 29.2 Å². The largest absolute Gasteiger partial charge is 0.454 e. The molecular weight excluding hydrogens is 356 g/mol. The Hall–Kier alpha value is -2.84. The van der Waals surface area contributed by atoms with Gasteiger partial charge in [-0.2, -0.15) is 0 Å². The second-order valence-corrected chi connectivity index (χ2v) is 7.19. The highest BCUT2D eigenvalue weighted by molar-refractivity contribution is 7.89. The first-order valence-electron chi connectivity index (χ1n) is 7.91. The average molecular weight is 374 g/mol. The molecule has 0 atom stereocenters. The van der Waals surface area contributed by atoms with Crippen molar-refractivity contribution in [1.82, 2.24) is 0 Å². The number of carbonyl (C=O) groups is 1. The molecule has 1 amide bonds. The summed E-state index contributed by atoms with van der Waals surface area (Å²) < 4.78 is 33.9. The second-order valence-electron chi connectivity index (χ2n) is 5.66. The molecule has 1 aliphatic rings. The van der Waals surface area contributed by atoms with Gasteiger partial charge in [-0.3, -0.25) is 4.79 Å². The van der Waals surface area contributed by atoms with E-state index in [-0.39, 0.29) is 11.7 Å². The zero-order valence-electron chi connectivity index (χ0n) is 14.1. The van der Waals surface area contributed by atoms with Gasteiger partial charge in [0.05, 0.1) is 4.90 Å². The van der Waals surface area contributed by atoms with E-state index in [0.717, 1.165) is 5.56 Å². The number of aryl methyl sites for hydroxylation is 1. The van der Waals surface area contributed by atoms with Crippen LogP contribution in [0.15, 0.2) is 47.4 Å². The van der Waals surface area contributed by atoms with E-state index < -0.39 is 15.9 Å². The molecule has 0 fully saturated rings. The number of benzene rings is 2. The summed E-state index contributed by atoms with van der Waals surface area (Å²) in [5.41, 5.74) is 1.73. The molecule has 1 aliphatic heterocycles. The summed E-state index contributed by atoms with van der Waals surface area (Å²) in [4.78, 5) is 12.1. The Morgan fingerprint density at radius 1 is 1.19 bits per heavy atom. The summed E-state index contributed by atoms with van der Waals surface area (Å²) in [5.74, 6) is 0.894. The molecule has 0 radical (unpaired) electrons. The van der Waals surface area contributed by atoms with Crippen LogP contribution in [0.1, 0.15) is 18.1 Å². The highest BCUT2D eigenvalue weighted by Crippen LogP contribution is 2.32. The molecule has 0 aromatic heterocycles. The number of hydrogen-bond donors (Lipinski definition) is 2. The fraction of sp³-hybridized carbons (Fsp3) is 0.167. The minimum absolute atomic E-state index is 0.0116. The molecule has 26 heavy (non-hydrogen) atoms. The van der Waals surface area contributed by atoms with Crippen LogP contribution in [-0.2, 0) is 21.2 Å². The van der Waals surface area contributed by atoms with Crippen molar-refractivity contribution in [2.45, 2.75) is 18.2 Å². The van der Waals surface area contributed by atoms with Gasteiger partial charge in [0.1, 0.15) is 0 Å². The van der Waals surface area contributed by atoms with E-state index in [4.69, 9.17) is 14.6 Å². The zero-order chi connectivity index (χ0) is 18.7. The van der Waals surface area contributed by atoms with Crippen molar-refractivity contribution in [3.05, 3.63) is 53.6 Å². The Kier molecular flexibility index (Phi) is 4.97. The third-order valence-electron chi connectivity index (χ3n) is 3.85. The van der Waals surface area contributed by atoms with Gasteiger partial charge < -0.3 is 14.8 Å². The predicted octanol–water partition coefficient (Wildman–Crippen LogP) is 2.28. The summed E-state index contributed by atoms with van der Waals surface area (Å²) in [6.45, 7) is 2.01. The van der Waals surface area contributed by atoms with Crippen LogP contribution in [0.25, 0.3) is 6.08 Å². The first-order chi connectivity index (χ1) is 12.4. The number of hydrogen-bond acceptors (Lipinski definition) is 5. The van der Waals surface area contributed by atoms with Gasteiger partial charge in [-0.1, -0.05) is 19.1 Å². The number of carbonyl (C=O) groups excluding carboxylic acids is 1. The monoisotopic (exact) mass is 374 g/mol. The Labute approximate surface area is 151 Å². The Bertz CT molecular complexity index is 983. The van der Waals surface area contributed by atoms with E-state index in [9.17, 15) is 13.2 Å². The van der Waals surface area contributed by atoms with Crippen molar-refractivity contribution in [3.8, 4) is 11.5 Å². The fourth-order valence-electron chi connectivity index (χ4n) is 2.56. The van der Waals surface area contributed by atoms with Crippen LogP contribution in [-0.4, -0.2) is 21.1 Å². The number of rotatable bonds is 5. The quantitative estimate of drug-likeness (QED) is 0.781. The lowest BCUT2D eigenvalue weighted by Gasteiger charge is -2.09. The molecule has 1 heterocycles. The summed E-state index contributed by atoms with van der Waals surface area (Å²) >= 11 is 0. The van der Waals surface area contributed by atoms with E-state index in [1.54, 1.807) is 36.4 Å². The molecule has 7 nitrogen and oxygen atoms in total. The van der Waals surface area contributed by atoms with E-state index in [1.165, 1.54) is 12.1 Å². The molecule has 136 valence electrons. The summed E-state index contributed by atoms with van der Waals surface area (Å²) in [7, 11) is -3.86. The van der Waals surface area contributed by atoms with Crippen LogP contribution in [0.2, 0.25) is 0 Å². The van der Waals surface area contributed by atoms with Gasteiger partial charge in [0.25, 0.3) is 0 Å². The van der Waals surface area contributed by atoms with E-state index in [2.05, 4.69) is 5.32 Å². The maximum absolute atomic E-state index is 12.1. The van der Waals surface area contributed by atoms with Gasteiger partial charge in [-0.05, 0) is 47.9 Å². The van der Waals surface area contributed by atoms with Crippen LogP contribution in [0, 0.1) is 0 Å². The maximum Gasteiger partial charge on any atom is 0.248 e. The van der Waals surface area contributed by atoms with Crippen molar-refractivity contribution in [2.75, 3.05) is 12.1 Å². The minimum atomic E-state index is -3.86.